The van der Waals surface area contributed by atoms with Gasteiger partial charge in [-0.15, -0.1) is 0 Å². The summed E-state index contributed by atoms with van der Waals surface area (Å²) in [5, 5.41) is 13.0. The highest BCUT2D eigenvalue weighted by Crippen LogP contribution is 2.70. The summed E-state index contributed by atoms with van der Waals surface area (Å²) in [5.74, 6) is -2.00. The van der Waals surface area contributed by atoms with Crippen LogP contribution in [0.25, 0.3) is 11.1 Å². The van der Waals surface area contributed by atoms with E-state index in [1.165, 1.54) is 13.1 Å². The molecule has 0 saturated carbocycles. The molecule has 1 saturated heterocycles. The second-order valence-electron chi connectivity index (χ2n) is 13.2. The topological polar surface area (TPSA) is 309 Å². The van der Waals surface area contributed by atoms with E-state index in [0.29, 0.717) is 25.8 Å². The van der Waals surface area contributed by atoms with Crippen molar-refractivity contribution in [2.45, 2.75) is 63.4 Å². The van der Waals surface area contributed by atoms with Gasteiger partial charge in [0.15, 0.2) is 5.90 Å². The number of nitrogens with one attached hydrogen (secondary N) is 2. The number of carbonyl (C=O) groups excluding carboxylic acids is 1. The number of amides is 1. The lowest BCUT2D eigenvalue weighted by atomic mass is 9.98. The minimum absolute atomic E-state index is 0.0820. The normalized spacial score (nSPS) is 22.0. The lowest BCUT2D eigenvalue weighted by Crippen LogP contribution is -2.33. The van der Waals surface area contributed by atoms with Crippen molar-refractivity contribution in [3.8, 4) is 11.1 Å². The summed E-state index contributed by atoms with van der Waals surface area (Å²) in [6, 6.07) is 15.9. The maximum Gasteiger partial charge on any atom is 0.479 e. The quantitative estimate of drug-likeness (QED) is 0.0618. The maximum absolute atomic E-state index is 12.5. The molecule has 1 aliphatic heterocycles. The summed E-state index contributed by atoms with van der Waals surface area (Å²) >= 11 is 0. The van der Waals surface area contributed by atoms with E-state index in [4.69, 9.17) is 9.47 Å². The molecule has 1 aromatic heterocycles. The highest BCUT2D eigenvalue weighted by molar-refractivity contribution is 7.76. The van der Waals surface area contributed by atoms with E-state index in [9.17, 15) is 57.3 Å². The number of alkyl carbamates (subject to hydrolysis) is 1. The fourth-order valence-corrected chi connectivity index (χ4v) is 13.1. The average molecular weight is 882 g/mol. The summed E-state index contributed by atoms with van der Waals surface area (Å²) in [5.41, 5.74) is 3.04. The first-order valence-electron chi connectivity index (χ1n) is 17.5. The van der Waals surface area contributed by atoms with Gasteiger partial charge < -0.3 is 39.5 Å². The van der Waals surface area contributed by atoms with Crippen molar-refractivity contribution < 1.29 is 74.9 Å². The van der Waals surface area contributed by atoms with Crippen LogP contribution in [0, 0.1) is 6.92 Å². The molecule has 2 aliphatic rings. The number of nitrogens with zero attached hydrogens (tertiary/aromatic N) is 1. The minimum atomic E-state index is -5.55. The first-order valence-corrected chi connectivity index (χ1v) is 24.0. The third-order valence-electron chi connectivity index (χ3n) is 8.82. The number of H-pyrrole nitrogens is 1. The van der Waals surface area contributed by atoms with Gasteiger partial charge in [0, 0.05) is 30.6 Å². The Morgan fingerprint density at radius 1 is 0.860 bits per heavy atom. The number of unbranched alkanes of at least 4 members (excludes halogenated alkanes) is 3. The Morgan fingerprint density at radius 2 is 1.44 bits per heavy atom. The summed E-state index contributed by atoms with van der Waals surface area (Å²) < 4.78 is 79.1. The molecule has 7 atom stereocenters. The molecule has 7 N–H and O–H groups in total. The SMILES string of the molecule is Cc1cn([C@H]2CC(O)[C@@H](COP(=O)(O)OP(=O)(O)CP(=O)(O)OP(=O)(O)OCCCCCCNC(=O)OCC3c4ccccc4-c4ccccc43)O2)c(=O)[nH]c1=O. The van der Waals surface area contributed by atoms with Gasteiger partial charge in [-0.05, 0) is 42.0 Å². The van der Waals surface area contributed by atoms with E-state index in [0.717, 1.165) is 26.8 Å². The molecule has 5 rings (SSSR count). The molecule has 3 aromatic rings. The van der Waals surface area contributed by atoms with Gasteiger partial charge in [-0.1, -0.05) is 61.4 Å². The van der Waals surface area contributed by atoms with E-state index >= 15 is 0 Å². The number of hydrogen-bond donors (Lipinski definition) is 7. The van der Waals surface area contributed by atoms with Crippen LogP contribution in [-0.2, 0) is 45.4 Å². The van der Waals surface area contributed by atoms with Crippen LogP contribution in [0.3, 0.4) is 0 Å². The van der Waals surface area contributed by atoms with E-state index in [1.807, 2.05) is 48.5 Å². The monoisotopic (exact) mass is 881 g/mol. The fourth-order valence-electron chi connectivity index (χ4n) is 6.25. The number of ether oxygens (including phenoxy) is 2. The number of carbonyl (C=O) groups is 1. The number of aromatic nitrogens is 2. The molecule has 1 amide bonds. The molecule has 2 heterocycles. The Labute approximate surface area is 325 Å². The smallest absolute Gasteiger partial charge is 0.449 e. The van der Waals surface area contributed by atoms with Gasteiger partial charge >= 0.3 is 42.6 Å². The molecular formula is C32H43N3O18P4. The van der Waals surface area contributed by atoms with Crippen LogP contribution in [0.2, 0.25) is 0 Å². The number of fused-ring (bicyclic) bond motifs is 3. The Bertz CT molecular complexity index is 2190. The summed E-state index contributed by atoms with van der Waals surface area (Å²) in [6.07, 6.45) is -1.78. The lowest BCUT2D eigenvalue weighted by Gasteiger charge is -2.21. The summed E-state index contributed by atoms with van der Waals surface area (Å²) in [6.45, 7) is 0.520. The molecule has 1 aliphatic carbocycles. The van der Waals surface area contributed by atoms with Gasteiger partial charge in [0.25, 0.3) is 5.56 Å². The van der Waals surface area contributed by atoms with Crippen LogP contribution in [0.1, 0.15) is 60.9 Å². The van der Waals surface area contributed by atoms with Gasteiger partial charge in [0.1, 0.15) is 18.9 Å². The van der Waals surface area contributed by atoms with Gasteiger partial charge in [-0.2, -0.15) is 0 Å². The predicted molar refractivity (Wildman–Crippen MR) is 200 cm³/mol. The van der Waals surface area contributed by atoms with Crippen LogP contribution in [-0.4, -0.2) is 84.8 Å². The van der Waals surface area contributed by atoms with Crippen molar-refractivity contribution in [3.63, 3.8) is 0 Å². The molecule has 0 bridgehead atoms. The van der Waals surface area contributed by atoms with Crippen molar-refractivity contribution in [1.29, 1.82) is 0 Å². The Hall–Kier alpha value is -3.09. The number of rotatable bonds is 20. The van der Waals surface area contributed by atoms with Crippen LogP contribution in [0.4, 0.5) is 4.79 Å². The zero-order valence-electron chi connectivity index (χ0n) is 30.4. The molecule has 314 valence electrons. The van der Waals surface area contributed by atoms with Gasteiger partial charge in [-0.3, -0.25) is 32.5 Å². The van der Waals surface area contributed by atoms with Crippen molar-refractivity contribution in [2.24, 2.45) is 0 Å². The summed E-state index contributed by atoms with van der Waals surface area (Å²) in [7, 11) is -21.8. The average Bonchev–Trinajstić information content (AvgIpc) is 3.64. The van der Waals surface area contributed by atoms with E-state index < -0.39 is 85.7 Å². The fraction of sp³-hybridized carbons (Fsp3) is 0.469. The Balaban J connectivity index is 0.957. The second kappa shape index (κ2) is 18.9. The first-order chi connectivity index (χ1) is 26.7. The lowest BCUT2D eigenvalue weighted by molar-refractivity contribution is -0.0448. The third kappa shape index (κ3) is 12.7. The van der Waals surface area contributed by atoms with Crippen molar-refractivity contribution in [3.05, 3.63) is 92.3 Å². The van der Waals surface area contributed by atoms with Crippen molar-refractivity contribution in [2.75, 3.05) is 32.3 Å². The molecule has 5 unspecified atom stereocenters. The largest absolute Gasteiger partial charge is 0.479 e. The number of aliphatic hydroxyl groups is 1. The molecule has 25 heteroatoms. The Kier molecular flexibility index (Phi) is 14.9. The Morgan fingerprint density at radius 3 is 2.07 bits per heavy atom. The van der Waals surface area contributed by atoms with Crippen LogP contribution in [0.5, 0.6) is 0 Å². The zero-order valence-corrected chi connectivity index (χ0v) is 33.9. The zero-order chi connectivity index (χ0) is 41.6. The van der Waals surface area contributed by atoms with Gasteiger partial charge in [-0.25, -0.2) is 27.3 Å². The standard InChI is InChI=1S/C32H43N3O18P4/c1-21-17-35(31(38)34-30(21)37)29-16-27(36)28(51-29)19-50-57(46,47)53-55(42,43)20-54(40,41)52-56(44,45)49-15-9-3-2-8-14-33-32(39)48-18-26-24-12-6-4-10-22(24)23-11-5-7-13-25(23)26/h4-7,10-13,17,26-29,36H,2-3,8-9,14-16,18-20H2,1H3,(H,33,39)(H,40,41)(H,42,43)(H,44,45)(H,46,47)(H,34,37,38)/t27?,28-,29-/m1/s1. The van der Waals surface area contributed by atoms with Crippen LogP contribution >= 0.6 is 30.8 Å². The van der Waals surface area contributed by atoms with E-state index in [-0.39, 0.29) is 30.9 Å². The van der Waals surface area contributed by atoms with Crippen molar-refractivity contribution >= 4 is 36.9 Å². The number of aromatic amines is 1. The molecule has 0 spiro atoms. The summed E-state index contributed by atoms with van der Waals surface area (Å²) in [4.78, 5) is 78.0. The number of aliphatic hydroxyl groups excluding tert-OH is 1. The highest BCUT2D eigenvalue weighted by atomic mass is 31.3. The first kappa shape index (κ1) is 45.0. The highest BCUT2D eigenvalue weighted by Gasteiger charge is 2.45. The third-order valence-corrected chi connectivity index (χ3v) is 16.4. The molecule has 57 heavy (non-hydrogen) atoms. The van der Waals surface area contributed by atoms with E-state index in [1.54, 1.807) is 0 Å². The number of aryl methyl sites for hydroxylation is 1. The maximum atomic E-state index is 12.5. The van der Waals surface area contributed by atoms with E-state index in [2.05, 4.69) is 28.0 Å². The predicted octanol–water partition coefficient (Wildman–Crippen LogP) is 4.19. The minimum Gasteiger partial charge on any atom is -0.449 e. The number of hydrogen-bond acceptors (Lipinski definition) is 14. The van der Waals surface area contributed by atoms with Gasteiger partial charge in [0.2, 0.25) is 0 Å². The molecule has 21 nitrogen and oxygen atoms in total. The molecule has 1 fully saturated rings. The molecular weight excluding hydrogens is 838 g/mol. The number of benzene rings is 2. The second-order valence-corrected chi connectivity index (χ2v) is 20.6. The van der Waals surface area contributed by atoms with Crippen molar-refractivity contribution in [1.82, 2.24) is 14.9 Å². The molecule has 2 aromatic carbocycles. The number of phosphoric acid groups is 2. The number of phosphoric ester groups is 2. The van der Waals surface area contributed by atoms with Crippen LogP contribution < -0.4 is 16.6 Å². The van der Waals surface area contributed by atoms with Crippen LogP contribution in [0.15, 0.2) is 64.3 Å². The molecule has 0 radical (unpaired) electrons. The van der Waals surface area contributed by atoms with Gasteiger partial charge in [0.05, 0.1) is 19.3 Å².